The molecule has 0 saturated carbocycles. The third kappa shape index (κ3) is 5.67. The number of hydrogen-bond acceptors (Lipinski definition) is 7. The van der Waals surface area contributed by atoms with Crippen LogP contribution in [0.5, 0.6) is 11.5 Å². The Balaban J connectivity index is 1.94. The molecule has 0 aliphatic carbocycles. The standard InChI is InChI=1S/C28H28Cl2N2O5S/c1-6-35-20-10-8-17(9-11-20)24-23(27(34)36-7-2)16(5)31-28-32(24)26(33)22(38-28)13-18-12-19(29)14-21(30)25(18)37-15(3)4/h8-15,24H,6-7H2,1-5H3/b22-13-/t24-/m1/s1. The molecule has 0 spiro atoms. The van der Waals surface area contributed by atoms with Gasteiger partial charge in [-0.3, -0.25) is 9.36 Å². The van der Waals surface area contributed by atoms with Crippen molar-refractivity contribution < 1.29 is 19.0 Å². The van der Waals surface area contributed by atoms with Crippen LogP contribution in [-0.2, 0) is 9.53 Å². The predicted molar refractivity (Wildman–Crippen MR) is 150 cm³/mol. The molecule has 1 atom stereocenters. The minimum atomic E-state index is -0.725. The smallest absolute Gasteiger partial charge is 0.338 e. The van der Waals surface area contributed by atoms with E-state index >= 15 is 0 Å². The summed E-state index contributed by atoms with van der Waals surface area (Å²) in [4.78, 5) is 32.0. The molecule has 1 aromatic heterocycles. The average molecular weight is 576 g/mol. The summed E-state index contributed by atoms with van der Waals surface area (Å²) in [6.07, 6.45) is 1.55. The first kappa shape index (κ1) is 28.0. The molecule has 0 fully saturated rings. The second-order valence-electron chi connectivity index (χ2n) is 8.78. The highest BCUT2D eigenvalue weighted by Gasteiger charge is 2.33. The number of allylic oxidation sites excluding steroid dienone is 1. The lowest BCUT2D eigenvalue weighted by atomic mass is 9.96. The number of esters is 1. The van der Waals surface area contributed by atoms with Crippen molar-refractivity contribution in [2.45, 2.75) is 46.8 Å². The second-order valence-corrected chi connectivity index (χ2v) is 10.6. The summed E-state index contributed by atoms with van der Waals surface area (Å²) in [6, 6.07) is 9.89. The van der Waals surface area contributed by atoms with Crippen LogP contribution in [0.1, 0.15) is 51.8 Å². The van der Waals surface area contributed by atoms with Gasteiger partial charge in [-0.05, 0) is 70.5 Å². The van der Waals surface area contributed by atoms with Crippen LogP contribution in [0.2, 0.25) is 10.0 Å². The van der Waals surface area contributed by atoms with Gasteiger partial charge >= 0.3 is 5.97 Å². The SMILES string of the molecule is CCOC(=O)C1=C(C)N=c2s/c(=C\c3cc(Cl)cc(Cl)c3OC(C)C)c(=O)n2[C@@H]1c1ccc(OCC)cc1. The molecule has 0 radical (unpaired) electrons. The van der Waals surface area contributed by atoms with Gasteiger partial charge in [0.25, 0.3) is 5.56 Å². The summed E-state index contributed by atoms with van der Waals surface area (Å²) in [5.74, 6) is 0.608. The highest BCUT2D eigenvalue weighted by Crippen LogP contribution is 2.34. The van der Waals surface area contributed by atoms with Gasteiger partial charge in [-0.15, -0.1) is 0 Å². The Labute approximate surface area is 234 Å². The first-order chi connectivity index (χ1) is 18.1. The molecule has 1 aliphatic heterocycles. The predicted octanol–water partition coefficient (Wildman–Crippen LogP) is 5.29. The van der Waals surface area contributed by atoms with E-state index in [2.05, 4.69) is 4.99 Å². The fourth-order valence-corrected chi connectivity index (χ4v) is 5.80. The highest BCUT2D eigenvalue weighted by atomic mass is 35.5. The lowest BCUT2D eigenvalue weighted by Crippen LogP contribution is -2.39. The number of ether oxygens (including phenoxy) is 3. The van der Waals surface area contributed by atoms with Crippen molar-refractivity contribution in [3.05, 3.63) is 88.5 Å². The number of fused-ring (bicyclic) bond motifs is 1. The molecule has 200 valence electrons. The van der Waals surface area contributed by atoms with Crippen LogP contribution >= 0.6 is 34.5 Å². The van der Waals surface area contributed by atoms with Crippen molar-refractivity contribution in [1.82, 2.24) is 4.57 Å². The van der Waals surface area contributed by atoms with Crippen molar-refractivity contribution in [3.8, 4) is 11.5 Å². The molecule has 0 amide bonds. The van der Waals surface area contributed by atoms with Crippen molar-refractivity contribution in [1.29, 1.82) is 0 Å². The van der Waals surface area contributed by atoms with E-state index in [0.717, 1.165) is 5.56 Å². The summed E-state index contributed by atoms with van der Waals surface area (Å²) in [7, 11) is 0. The van der Waals surface area contributed by atoms with Gasteiger partial charge in [-0.2, -0.15) is 0 Å². The first-order valence-corrected chi connectivity index (χ1v) is 13.8. The number of carbonyl (C=O) groups excluding carboxylic acids is 1. The Morgan fingerprint density at radius 3 is 2.50 bits per heavy atom. The molecule has 0 bridgehead atoms. The van der Waals surface area contributed by atoms with E-state index in [4.69, 9.17) is 37.4 Å². The maximum Gasteiger partial charge on any atom is 0.338 e. The van der Waals surface area contributed by atoms with Gasteiger partial charge in [0.05, 0.1) is 46.2 Å². The lowest BCUT2D eigenvalue weighted by molar-refractivity contribution is -0.139. The van der Waals surface area contributed by atoms with Gasteiger partial charge in [-0.25, -0.2) is 9.79 Å². The van der Waals surface area contributed by atoms with Gasteiger partial charge in [0, 0.05) is 10.6 Å². The van der Waals surface area contributed by atoms with E-state index in [1.807, 2.05) is 45.0 Å². The first-order valence-electron chi connectivity index (χ1n) is 12.2. The molecule has 0 N–H and O–H groups in total. The van der Waals surface area contributed by atoms with E-state index in [9.17, 15) is 9.59 Å². The topological polar surface area (TPSA) is 79.1 Å². The molecular weight excluding hydrogens is 547 g/mol. The van der Waals surface area contributed by atoms with Gasteiger partial charge in [-0.1, -0.05) is 46.7 Å². The molecule has 4 rings (SSSR count). The summed E-state index contributed by atoms with van der Waals surface area (Å²) < 4.78 is 18.8. The van der Waals surface area contributed by atoms with E-state index in [1.54, 1.807) is 32.1 Å². The van der Waals surface area contributed by atoms with E-state index < -0.39 is 12.0 Å². The van der Waals surface area contributed by atoms with Crippen LogP contribution < -0.4 is 24.4 Å². The quantitative estimate of drug-likeness (QED) is 0.341. The second kappa shape index (κ2) is 11.8. The van der Waals surface area contributed by atoms with Gasteiger partial charge < -0.3 is 14.2 Å². The van der Waals surface area contributed by atoms with E-state index in [-0.39, 0.29) is 18.3 Å². The Kier molecular flexibility index (Phi) is 8.65. The summed E-state index contributed by atoms with van der Waals surface area (Å²) in [5, 5.41) is 0.760. The Morgan fingerprint density at radius 2 is 1.87 bits per heavy atom. The number of aromatic nitrogens is 1. The Hall–Kier alpha value is -3.07. The number of hydrogen-bond donors (Lipinski definition) is 0. The number of thiazole rings is 1. The molecule has 3 aromatic rings. The molecule has 10 heteroatoms. The number of benzene rings is 2. The van der Waals surface area contributed by atoms with Crippen LogP contribution in [0, 0.1) is 0 Å². The molecule has 2 aromatic carbocycles. The highest BCUT2D eigenvalue weighted by molar-refractivity contribution is 7.07. The monoisotopic (exact) mass is 574 g/mol. The van der Waals surface area contributed by atoms with Crippen molar-refractivity contribution in [3.63, 3.8) is 0 Å². The van der Waals surface area contributed by atoms with E-state index in [1.165, 1.54) is 15.9 Å². The summed E-state index contributed by atoms with van der Waals surface area (Å²) in [6.45, 7) is 9.89. The zero-order valence-corrected chi connectivity index (χ0v) is 24.0. The zero-order valence-electron chi connectivity index (χ0n) is 21.7. The van der Waals surface area contributed by atoms with Gasteiger partial charge in [0.2, 0.25) is 0 Å². The average Bonchev–Trinajstić information content (AvgIpc) is 3.15. The molecule has 0 unspecified atom stereocenters. The lowest BCUT2D eigenvalue weighted by Gasteiger charge is -2.24. The van der Waals surface area contributed by atoms with Crippen molar-refractivity contribution in [2.75, 3.05) is 13.2 Å². The summed E-state index contributed by atoms with van der Waals surface area (Å²) in [5.41, 5.74) is 1.79. The fourth-order valence-electron chi connectivity index (χ4n) is 4.21. The molecule has 2 heterocycles. The molecule has 1 aliphatic rings. The number of rotatable bonds is 8. The van der Waals surface area contributed by atoms with Crippen molar-refractivity contribution in [2.24, 2.45) is 4.99 Å². The fraction of sp³-hybridized carbons (Fsp3) is 0.321. The molecular formula is C28H28Cl2N2O5S. The third-order valence-electron chi connectivity index (χ3n) is 5.70. The molecule has 0 saturated heterocycles. The Morgan fingerprint density at radius 1 is 1.16 bits per heavy atom. The van der Waals surface area contributed by atoms with Gasteiger partial charge in [0.1, 0.15) is 11.5 Å². The van der Waals surface area contributed by atoms with Crippen LogP contribution in [-0.4, -0.2) is 29.9 Å². The van der Waals surface area contributed by atoms with Crippen LogP contribution in [0.4, 0.5) is 0 Å². The van der Waals surface area contributed by atoms with Crippen LogP contribution in [0.25, 0.3) is 6.08 Å². The van der Waals surface area contributed by atoms with Gasteiger partial charge in [0.15, 0.2) is 4.80 Å². The van der Waals surface area contributed by atoms with Crippen LogP contribution in [0.15, 0.2) is 57.5 Å². The number of halogens is 2. The minimum absolute atomic E-state index is 0.142. The minimum Gasteiger partial charge on any atom is -0.494 e. The van der Waals surface area contributed by atoms with E-state index in [0.29, 0.717) is 54.3 Å². The largest absolute Gasteiger partial charge is 0.494 e. The normalized spacial score (nSPS) is 15.4. The summed E-state index contributed by atoms with van der Waals surface area (Å²) >= 11 is 13.9. The van der Waals surface area contributed by atoms with Crippen molar-refractivity contribution >= 4 is 46.6 Å². The number of carbonyl (C=O) groups is 1. The Bertz CT molecular complexity index is 1570. The maximum atomic E-state index is 13.9. The number of nitrogens with zero attached hydrogens (tertiary/aromatic N) is 2. The maximum absolute atomic E-state index is 13.9. The van der Waals surface area contributed by atoms with Crippen LogP contribution in [0.3, 0.4) is 0 Å². The zero-order chi connectivity index (χ0) is 27.6. The molecule has 7 nitrogen and oxygen atoms in total. The third-order valence-corrected chi connectivity index (χ3v) is 7.18. The molecule has 38 heavy (non-hydrogen) atoms.